The van der Waals surface area contributed by atoms with E-state index in [4.69, 9.17) is 14.7 Å². The Morgan fingerprint density at radius 1 is 1.47 bits per heavy atom. The van der Waals surface area contributed by atoms with E-state index < -0.39 is 0 Å². The second-order valence-corrected chi connectivity index (χ2v) is 3.90. The van der Waals surface area contributed by atoms with E-state index in [1.165, 1.54) is 0 Å². The minimum absolute atomic E-state index is 0.00708. The van der Waals surface area contributed by atoms with Crippen molar-refractivity contribution < 1.29 is 14.3 Å². The Morgan fingerprint density at radius 2 is 2.24 bits per heavy atom. The van der Waals surface area contributed by atoms with Crippen LogP contribution < -0.4 is 9.47 Å². The Kier molecular flexibility index (Phi) is 3.29. The fourth-order valence-electron chi connectivity index (χ4n) is 1.82. The SMILES string of the molecule is CCC(CC#N)C(=O)c1ccc2c(c1)OCO2. The van der Waals surface area contributed by atoms with E-state index in [9.17, 15) is 4.79 Å². The number of rotatable bonds is 4. The summed E-state index contributed by atoms with van der Waals surface area (Å²) in [6.07, 6.45) is 0.921. The van der Waals surface area contributed by atoms with Crippen LogP contribution in [0.5, 0.6) is 11.5 Å². The third-order valence-corrected chi connectivity index (χ3v) is 2.86. The minimum atomic E-state index is -0.236. The molecule has 1 aromatic rings. The fraction of sp³-hybridized carbons (Fsp3) is 0.385. The molecule has 17 heavy (non-hydrogen) atoms. The monoisotopic (exact) mass is 231 g/mol. The number of ketones is 1. The van der Waals surface area contributed by atoms with Crippen molar-refractivity contribution in [3.8, 4) is 17.6 Å². The molecule has 2 rings (SSSR count). The predicted octanol–water partition coefficient (Wildman–Crippen LogP) is 2.54. The predicted molar refractivity (Wildman–Crippen MR) is 60.9 cm³/mol. The summed E-state index contributed by atoms with van der Waals surface area (Å²) in [5, 5.41) is 8.67. The number of fused-ring (bicyclic) bond motifs is 1. The summed E-state index contributed by atoms with van der Waals surface area (Å²) in [7, 11) is 0. The average Bonchev–Trinajstić information content (AvgIpc) is 2.82. The third-order valence-electron chi connectivity index (χ3n) is 2.86. The molecule has 0 spiro atoms. The molecule has 0 bridgehead atoms. The third kappa shape index (κ3) is 2.23. The Morgan fingerprint density at radius 3 is 2.94 bits per heavy atom. The van der Waals surface area contributed by atoms with E-state index in [1.807, 2.05) is 13.0 Å². The molecule has 0 fully saturated rings. The van der Waals surface area contributed by atoms with Gasteiger partial charge in [-0.05, 0) is 24.6 Å². The molecule has 1 heterocycles. The minimum Gasteiger partial charge on any atom is -0.454 e. The number of ether oxygens (including phenoxy) is 2. The molecule has 1 aliphatic heterocycles. The number of carbonyl (C=O) groups excluding carboxylic acids is 1. The van der Waals surface area contributed by atoms with Crippen LogP contribution in [0.4, 0.5) is 0 Å². The summed E-state index contributed by atoms with van der Waals surface area (Å²) in [5.41, 5.74) is 0.580. The molecule has 0 amide bonds. The number of nitriles is 1. The van der Waals surface area contributed by atoms with Crippen LogP contribution in [0, 0.1) is 17.2 Å². The van der Waals surface area contributed by atoms with Crippen LogP contribution in [-0.4, -0.2) is 12.6 Å². The van der Waals surface area contributed by atoms with Crippen LogP contribution >= 0.6 is 0 Å². The van der Waals surface area contributed by atoms with Crippen molar-refractivity contribution in [2.45, 2.75) is 19.8 Å². The molecule has 0 radical (unpaired) electrons. The van der Waals surface area contributed by atoms with Crippen LogP contribution in [0.15, 0.2) is 18.2 Å². The maximum absolute atomic E-state index is 12.1. The van der Waals surface area contributed by atoms with Crippen molar-refractivity contribution in [1.29, 1.82) is 5.26 Å². The van der Waals surface area contributed by atoms with Gasteiger partial charge >= 0.3 is 0 Å². The molecule has 0 saturated heterocycles. The molecule has 0 N–H and O–H groups in total. The molecule has 4 heteroatoms. The van der Waals surface area contributed by atoms with E-state index in [0.717, 1.165) is 0 Å². The lowest BCUT2D eigenvalue weighted by Crippen LogP contribution is -2.13. The number of Topliss-reactive ketones (excluding diaryl/α,β-unsaturated/α-hetero) is 1. The van der Waals surface area contributed by atoms with Crippen LogP contribution in [-0.2, 0) is 0 Å². The Labute approximate surface area is 99.8 Å². The zero-order valence-electron chi connectivity index (χ0n) is 9.60. The molecule has 0 aromatic heterocycles. The Hall–Kier alpha value is -2.02. The smallest absolute Gasteiger partial charge is 0.231 e. The first-order valence-electron chi connectivity index (χ1n) is 5.57. The zero-order chi connectivity index (χ0) is 12.3. The van der Waals surface area contributed by atoms with Gasteiger partial charge in [-0.25, -0.2) is 0 Å². The van der Waals surface area contributed by atoms with Crippen LogP contribution in [0.2, 0.25) is 0 Å². The zero-order valence-corrected chi connectivity index (χ0v) is 9.60. The Bertz CT molecular complexity index is 476. The molecule has 88 valence electrons. The van der Waals surface area contributed by atoms with Gasteiger partial charge in [0.15, 0.2) is 17.3 Å². The van der Waals surface area contributed by atoms with Gasteiger partial charge in [0.25, 0.3) is 0 Å². The van der Waals surface area contributed by atoms with Crippen LogP contribution in [0.3, 0.4) is 0 Å². The molecular formula is C13H13NO3. The highest BCUT2D eigenvalue weighted by molar-refractivity contribution is 5.98. The van der Waals surface area contributed by atoms with Crippen molar-refractivity contribution in [1.82, 2.24) is 0 Å². The molecular weight excluding hydrogens is 218 g/mol. The van der Waals surface area contributed by atoms with Gasteiger partial charge in [0.2, 0.25) is 6.79 Å². The van der Waals surface area contributed by atoms with E-state index in [2.05, 4.69) is 0 Å². The van der Waals surface area contributed by atoms with Gasteiger partial charge in [0.1, 0.15) is 0 Å². The molecule has 0 saturated carbocycles. The molecule has 1 aromatic carbocycles. The van der Waals surface area contributed by atoms with Gasteiger partial charge < -0.3 is 9.47 Å². The highest BCUT2D eigenvalue weighted by Crippen LogP contribution is 2.33. The van der Waals surface area contributed by atoms with Crippen molar-refractivity contribution in [3.05, 3.63) is 23.8 Å². The van der Waals surface area contributed by atoms with Crippen molar-refractivity contribution in [2.75, 3.05) is 6.79 Å². The lowest BCUT2D eigenvalue weighted by atomic mass is 9.93. The van der Waals surface area contributed by atoms with E-state index in [-0.39, 0.29) is 24.9 Å². The number of hydrogen-bond acceptors (Lipinski definition) is 4. The second-order valence-electron chi connectivity index (χ2n) is 3.90. The second kappa shape index (κ2) is 4.88. The summed E-state index contributed by atoms with van der Waals surface area (Å²) in [4.78, 5) is 12.1. The molecule has 4 nitrogen and oxygen atoms in total. The van der Waals surface area contributed by atoms with E-state index >= 15 is 0 Å². The van der Waals surface area contributed by atoms with E-state index in [0.29, 0.717) is 23.5 Å². The molecule has 0 aliphatic carbocycles. The number of carbonyl (C=O) groups is 1. The number of nitrogens with zero attached hydrogens (tertiary/aromatic N) is 1. The standard InChI is InChI=1S/C13H13NO3/c1-2-9(5-6-14)13(15)10-3-4-11-12(7-10)17-8-16-11/h3-4,7,9H,2,5,8H2,1H3. The quantitative estimate of drug-likeness (QED) is 0.747. The molecule has 1 unspecified atom stereocenters. The van der Waals surface area contributed by atoms with Crippen molar-refractivity contribution >= 4 is 5.78 Å². The van der Waals surface area contributed by atoms with Gasteiger partial charge in [-0.1, -0.05) is 6.92 Å². The van der Waals surface area contributed by atoms with Gasteiger partial charge in [0, 0.05) is 17.9 Å². The fourth-order valence-corrected chi connectivity index (χ4v) is 1.82. The Balaban J connectivity index is 2.22. The number of hydrogen-bond donors (Lipinski definition) is 0. The van der Waals surface area contributed by atoms with Crippen LogP contribution in [0.25, 0.3) is 0 Å². The normalized spacial score (nSPS) is 14.1. The van der Waals surface area contributed by atoms with Gasteiger partial charge in [0.05, 0.1) is 6.07 Å². The van der Waals surface area contributed by atoms with Gasteiger partial charge in [-0.15, -0.1) is 0 Å². The van der Waals surface area contributed by atoms with E-state index in [1.54, 1.807) is 18.2 Å². The van der Waals surface area contributed by atoms with Crippen LogP contribution in [0.1, 0.15) is 30.1 Å². The highest BCUT2D eigenvalue weighted by Gasteiger charge is 2.21. The lowest BCUT2D eigenvalue weighted by Gasteiger charge is -2.09. The first kappa shape index (κ1) is 11.5. The summed E-state index contributed by atoms with van der Waals surface area (Å²) < 4.78 is 10.4. The highest BCUT2D eigenvalue weighted by atomic mass is 16.7. The maximum atomic E-state index is 12.1. The van der Waals surface area contributed by atoms with Gasteiger partial charge in [-0.2, -0.15) is 5.26 Å². The van der Waals surface area contributed by atoms with Gasteiger partial charge in [-0.3, -0.25) is 4.79 Å². The summed E-state index contributed by atoms with van der Waals surface area (Å²) in [5.74, 6) is 1.02. The van der Waals surface area contributed by atoms with Crippen molar-refractivity contribution in [2.24, 2.45) is 5.92 Å². The lowest BCUT2D eigenvalue weighted by molar-refractivity contribution is 0.0918. The largest absolute Gasteiger partial charge is 0.454 e. The topological polar surface area (TPSA) is 59.3 Å². The first-order chi connectivity index (χ1) is 8.26. The summed E-state index contributed by atoms with van der Waals surface area (Å²) >= 11 is 0. The molecule has 1 aliphatic rings. The summed E-state index contributed by atoms with van der Waals surface area (Å²) in [6.45, 7) is 2.11. The van der Waals surface area contributed by atoms with Crippen molar-refractivity contribution in [3.63, 3.8) is 0 Å². The maximum Gasteiger partial charge on any atom is 0.231 e. The summed E-state index contributed by atoms with van der Waals surface area (Å²) in [6, 6.07) is 7.18. The molecule has 1 atom stereocenters. The number of benzene rings is 1. The average molecular weight is 231 g/mol. The first-order valence-corrected chi connectivity index (χ1v) is 5.57.